The number of para-hydroxylation sites is 1. The number of benzene rings is 2. The zero-order valence-corrected chi connectivity index (χ0v) is 19.4. The maximum Gasteiger partial charge on any atom is 0.191 e. The van der Waals surface area contributed by atoms with Crippen LogP contribution in [0.1, 0.15) is 29.3 Å². The number of rotatable bonds is 10. The molecule has 3 aromatic rings. The Bertz CT molecular complexity index is 1030. The third kappa shape index (κ3) is 6.59. The van der Waals surface area contributed by atoms with Crippen LogP contribution in [0, 0.1) is 13.8 Å². The predicted octanol–water partition coefficient (Wildman–Crippen LogP) is 3.77. The van der Waals surface area contributed by atoms with Gasteiger partial charge in [-0.2, -0.15) is 5.10 Å². The molecule has 0 aliphatic rings. The maximum atomic E-state index is 5.90. The summed E-state index contributed by atoms with van der Waals surface area (Å²) in [6.07, 6.45) is 1.98. The van der Waals surface area contributed by atoms with Gasteiger partial charge in [-0.15, -0.1) is 0 Å². The highest BCUT2D eigenvalue weighted by molar-refractivity contribution is 5.79. The Kier molecular flexibility index (Phi) is 8.69. The zero-order valence-electron chi connectivity index (χ0n) is 19.4. The molecule has 2 N–H and O–H groups in total. The van der Waals surface area contributed by atoms with Crippen molar-refractivity contribution in [2.75, 3.05) is 26.9 Å². The fourth-order valence-electron chi connectivity index (χ4n) is 3.28. The molecular weight excluding hydrogens is 402 g/mol. The second-order valence-corrected chi connectivity index (χ2v) is 7.53. The second-order valence-electron chi connectivity index (χ2n) is 7.53. The van der Waals surface area contributed by atoms with Crippen LogP contribution in [0.3, 0.4) is 0 Å². The van der Waals surface area contributed by atoms with Crippen LogP contribution in [0.5, 0.6) is 5.75 Å². The number of aryl methyl sites for hydroxylation is 2. The summed E-state index contributed by atoms with van der Waals surface area (Å²) < 4.78 is 12.9. The summed E-state index contributed by atoms with van der Waals surface area (Å²) in [5.74, 6) is 1.60. The normalized spacial score (nSPS) is 11.4. The van der Waals surface area contributed by atoms with Gasteiger partial charge in [0.1, 0.15) is 12.4 Å². The minimum Gasteiger partial charge on any atom is -0.491 e. The van der Waals surface area contributed by atoms with E-state index in [1.165, 1.54) is 0 Å². The van der Waals surface area contributed by atoms with Crippen molar-refractivity contribution in [1.82, 2.24) is 20.4 Å². The van der Waals surface area contributed by atoms with E-state index in [1.54, 1.807) is 7.11 Å². The molecule has 0 amide bonds. The molecule has 0 atom stereocenters. The van der Waals surface area contributed by atoms with Crippen LogP contribution in [0.15, 0.2) is 59.7 Å². The molecule has 0 unspecified atom stereocenters. The predicted molar refractivity (Wildman–Crippen MR) is 129 cm³/mol. The zero-order chi connectivity index (χ0) is 22.8. The van der Waals surface area contributed by atoms with Crippen LogP contribution in [-0.2, 0) is 17.8 Å². The second kappa shape index (κ2) is 11.9. The van der Waals surface area contributed by atoms with Gasteiger partial charge < -0.3 is 20.1 Å². The largest absolute Gasteiger partial charge is 0.491 e. The lowest BCUT2D eigenvalue weighted by atomic mass is 10.1. The number of hydrogen-bond donors (Lipinski definition) is 2. The molecule has 32 heavy (non-hydrogen) atoms. The summed E-state index contributed by atoms with van der Waals surface area (Å²) in [6, 6.07) is 16.4. The van der Waals surface area contributed by atoms with Gasteiger partial charge in [0.25, 0.3) is 0 Å². The Labute approximate surface area is 190 Å². The SMILES string of the molecule is CCNC(=NCc1ccc(C)cc1OCCOC)NCc1ccccc1-n1ccc(C)n1. The van der Waals surface area contributed by atoms with E-state index in [0.29, 0.717) is 26.3 Å². The summed E-state index contributed by atoms with van der Waals surface area (Å²) in [5.41, 5.74) is 5.37. The van der Waals surface area contributed by atoms with Gasteiger partial charge in [0.2, 0.25) is 0 Å². The first-order valence-electron chi connectivity index (χ1n) is 10.9. The number of aromatic nitrogens is 2. The molecule has 0 saturated carbocycles. The Morgan fingerprint density at radius 2 is 1.88 bits per heavy atom. The molecule has 7 nitrogen and oxygen atoms in total. The summed E-state index contributed by atoms with van der Waals surface area (Å²) in [7, 11) is 1.67. The summed E-state index contributed by atoms with van der Waals surface area (Å²) in [6.45, 7) is 9.09. The third-order valence-electron chi connectivity index (χ3n) is 4.93. The van der Waals surface area contributed by atoms with E-state index in [0.717, 1.165) is 46.3 Å². The minimum atomic E-state index is 0.512. The van der Waals surface area contributed by atoms with E-state index in [4.69, 9.17) is 14.5 Å². The van der Waals surface area contributed by atoms with Crippen molar-refractivity contribution in [2.45, 2.75) is 33.9 Å². The van der Waals surface area contributed by atoms with E-state index in [9.17, 15) is 0 Å². The molecule has 0 aliphatic heterocycles. The first kappa shape index (κ1) is 23.3. The van der Waals surface area contributed by atoms with Crippen LogP contribution >= 0.6 is 0 Å². The molecule has 0 aliphatic carbocycles. The molecule has 0 radical (unpaired) electrons. The third-order valence-corrected chi connectivity index (χ3v) is 4.93. The number of methoxy groups -OCH3 is 1. The number of nitrogens with one attached hydrogen (secondary N) is 2. The van der Waals surface area contributed by atoms with Gasteiger partial charge in [0.15, 0.2) is 5.96 Å². The average molecular weight is 436 g/mol. The quantitative estimate of drug-likeness (QED) is 0.288. The van der Waals surface area contributed by atoms with Crippen molar-refractivity contribution in [2.24, 2.45) is 4.99 Å². The molecule has 1 aromatic heterocycles. The molecule has 2 aromatic carbocycles. The fourth-order valence-corrected chi connectivity index (χ4v) is 3.28. The van der Waals surface area contributed by atoms with Crippen LogP contribution in [0.2, 0.25) is 0 Å². The summed E-state index contributed by atoms with van der Waals surface area (Å²) >= 11 is 0. The Balaban J connectivity index is 1.72. The highest BCUT2D eigenvalue weighted by Crippen LogP contribution is 2.21. The molecule has 3 rings (SSSR count). The Morgan fingerprint density at radius 1 is 1.03 bits per heavy atom. The average Bonchev–Trinajstić information content (AvgIpc) is 3.23. The first-order chi connectivity index (χ1) is 15.6. The number of hydrogen-bond acceptors (Lipinski definition) is 4. The lowest BCUT2D eigenvalue weighted by Crippen LogP contribution is -2.37. The van der Waals surface area contributed by atoms with Gasteiger partial charge in [0.05, 0.1) is 24.5 Å². The molecule has 7 heteroatoms. The van der Waals surface area contributed by atoms with E-state index < -0.39 is 0 Å². The van der Waals surface area contributed by atoms with E-state index >= 15 is 0 Å². The molecular formula is C25H33N5O2. The highest BCUT2D eigenvalue weighted by Gasteiger charge is 2.08. The monoisotopic (exact) mass is 435 g/mol. The van der Waals surface area contributed by atoms with Crippen molar-refractivity contribution in [3.05, 3.63) is 77.1 Å². The van der Waals surface area contributed by atoms with Crippen LogP contribution in [-0.4, -0.2) is 42.6 Å². The summed E-state index contributed by atoms with van der Waals surface area (Å²) in [4.78, 5) is 4.78. The van der Waals surface area contributed by atoms with E-state index in [-0.39, 0.29) is 0 Å². The van der Waals surface area contributed by atoms with Crippen molar-refractivity contribution in [3.8, 4) is 11.4 Å². The first-order valence-corrected chi connectivity index (χ1v) is 10.9. The van der Waals surface area contributed by atoms with Crippen molar-refractivity contribution in [1.29, 1.82) is 0 Å². The molecule has 0 bridgehead atoms. The van der Waals surface area contributed by atoms with Crippen molar-refractivity contribution < 1.29 is 9.47 Å². The lowest BCUT2D eigenvalue weighted by Gasteiger charge is -2.15. The number of aliphatic imine (C=N–C) groups is 1. The van der Waals surface area contributed by atoms with Gasteiger partial charge in [-0.25, -0.2) is 9.67 Å². The Hall–Kier alpha value is -3.32. The maximum absolute atomic E-state index is 5.90. The number of ether oxygens (including phenoxy) is 2. The smallest absolute Gasteiger partial charge is 0.191 e. The minimum absolute atomic E-state index is 0.512. The van der Waals surface area contributed by atoms with Gasteiger partial charge in [-0.05, 0) is 50.1 Å². The standard InChI is InChI=1S/C25H33N5O2/c1-5-26-25(28-18-22-11-10-19(2)16-24(22)32-15-14-31-4)27-17-21-8-6-7-9-23(21)30-13-12-20(3)29-30/h6-13,16H,5,14-15,17-18H2,1-4H3,(H2,26,27,28). The Morgan fingerprint density at radius 3 is 2.62 bits per heavy atom. The van der Waals surface area contributed by atoms with Gasteiger partial charge in [-0.1, -0.05) is 30.3 Å². The molecule has 0 spiro atoms. The lowest BCUT2D eigenvalue weighted by molar-refractivity contribution is 0.145. The van der Waals surface area contributed by atoms with Crippen molar-refractivity contribution in [3.63, 3.8) is 0 Å². The van der Waals surface area contributed by atoms with Gasteiger partial charge in [0, 0.05) is 32.0 Å². The van der Waals surface area contributed by atoms with E-state index in [1.807, 2.05) is 42.1 Å². The summed E-state index contributed by atoms with van der Waals surface area (Å²) in [5, 5.41) is 11.3. The number of nitrogens with zero attached hydrogens (tertiary/aromatic N) is 3. The van der Waals surface area contributed by atoms with Crippen LogP contribution in [0.25, 0.3) is 5.69 Å². The number of guanidine groups is 1. The van der Waals surface area contributed by atoms with Crippen molar-refractivity contribution >= 4 is 5.96 Å². The fraction of sp³-hybridized carbons (Fsp3) is 0.360. The molecule has 1 heterocycles. The van der Waals surface area contributed by atoms with Gasteiger partial charge >= 0.3 is 0 Å². The van der Waals surface area contributed by atoms with E-state index in [2.05, 4.69) is 53.8 Å². The van der Waals surface area contributed by atoms with Crippen LogP contribution in [0.4, 0.5) is 0 Å². The van der Waals surface area contributed by atoms with Crippen LogP contribution < -0.4 is 15.4 Å². The molecule has 0 saturated heterocycles. The highest BCUT2D eigenvalue weighted by atomic mass is 16.5. The topological polar surface area (TPSA) is 72.7 Å². The molecule has 0 fully saturated rings. The molecule has 170 valence electrons. The van der Waals surface area contributed by atoms with Gasteiger partial charge in [-0.3, -0.25) is 0 Å².